The second-order valence-corrected chi connectivity index (χ2v) is 7.21. The molecule has 11 nitrogen and oxygen atoms in total. The molecule has 0 saturated heterocycles. The van der Waals surface area contributed by atoms with E-state index in [-0.39, 0.29) is 5.75 Å². The van der Waals surface area contributed by atoms with Gasteiger partial charge in [-0.1, -0.05) is 0 Å². The van der Waals surface area contributed by atoms with Gasteiger partial charge in [0, 0.05) is 5.75 Å². The molecule has 0 radical (unpaired) electrons. The van der Waals surface area contributed by atoms with Gasteiger partial charge in [0.1, 0.15) is 18.1 Å². The zero-order valence-corrected chi connectivity index (χ0v) is 17.2. The summed E-state index contributed by atoms with van der Waals surface area (Å²) in [5, 5.41) is 24.4. The van der Waals surface area contributed by atoms with Crippen LogP contribution in [0.5, 0.6) is 0 Å². The zero-order valence-electron chi connectivity index (χ0n) is 15.5. The topological polar surface area (TPSA) is 188 Å². The lowest BCUT2D eigenvalue weighted by Gasteiger charge is -2.23. The molecule has 0 aromatic heterocycles. The van der Waals surface area contributed by atoms with Gasteiger partial charge in [-0.15, -0.1) is 0 Å². The molecule has 0 fully saturated rings. The predicted molar refractivity (Wildman–Crippen MR) is 106 cm³/mol. The SMILES string of the molecule is CSCCC(N)C(=O)NC(CS)C(=O)NC(CC(=O)O)C(=O)NC(C)C(=O)O. The number of hydrogen-bond acceptors (Lipinski definition) is 8. The molecule has 0 aliphatic carbocycles. The third-order valence-electron chi connectivity index (χ3n) is 3.53. The van der Waals surface area contributed by atoms with Crippen LogP contribution < -0.4 is 21.7 Å². The largest absolute Gasteiger partial charge is 0.481 e. The van der Waals surface area contributed by atoms with E-state index >= 15 is 0 Å². The van der Waals surface area contributed by atoms with E-state index in [4.69, 9.17) is 15.9 Å². The molecule has 0 aliphatic rings. The number of aliphatic carboxylic acids is 2. The quantitative estimate of drug-likeness (QED) is 0.160. The summed E-state index contributed by atoms with van der Waals surface area (Å²) in [5.74, 6) is -4.59. The third-order valence-corrected chi connectivity index (χ3v) is 4.54. The Labute approximate surface area is 172 Å². The molecular formula is C15H26N4O7S2. The van der Waals surface area contributed by atoms with Crippen molar-refractivity contribution < 1.29 is 34.2 Å². The van der Waals surface area contributed by atoms with Crippen LogP contribution in [0.1, 0.15) is 19.8 Å². The maximum absolute atomic E-state index is 12.4. The van der Waals surface area contributed by atoms with Crippen molar-refractivity contribution in [2.75, 3.05) is 17.8 Å². The van der Waals surface area contributed by atoms with Crippen LogP contribution in [-0.2, 0) is 24.0 Å². The van der Waals surface area contributed by atoms with Gasteiger partial charge in [0.15, 0.2) is 0 Å². The van der Waals surface area contributed by atoms with Crippen molar-refractivity contribution >= 4 is 54.1 Å². The minimum Gasteiger partial charge on any atom is -0.481 e. The molecule has 0 aliphatic heterocycles. The van der Waals surface area contributed by atoms with Gasteiger partial charge in [-0.25, -0.2) is 0 Å². The van der Waals surface area contributed by atoms with Gasteiger partial charge in [0.05, 0.1) is 12.5 Å². The van der Waals surface area contributed by atoms with Crippen LogP contribution >= 0.6 is 24.4 Å². The highest BCUT2D eigenvalue weighted by Gasteiger charge is 2.30. The van der Waals surface area contributed by atoms with Crippen LogP contribution in [0.4, 0.5) is 0 Å². The first-order chi connectivity index (χ1) is 13.0. The summed E-state index contributed by atoms with van der Waals surface area (Å²) in [6.07, 6.45) is 1.48. The van der Waals surface area contributed by atoms with E-state index in [1.807, 2.05) is 6.26 Å². The van der Waals surface area contributed by atoms with Crippen molar-refractivity contribution in [1.29, 1.82) is 0 Å². The van der Waals surface area contributed by atoms with Crippen molar-refractivity contribution in [3.63, 3.8) is 0 Å². The number of carbonyl (C=O) groups excluding carboxylic acids is 3. The lowest BCUT2D eigenvalue weighted by atomic mass is 10.1. The van der Waals surface area contributed by atoms with Crippen LogP contribution in [-0.4, -0.2) is 81.8 Å². The molecule has 0 spiro atoms. The average molecular weight is 439 g/mol. The van der Waals surface area contributed by atoms with E-state index in [1.54, 1.807) is 0 Å². The van der Waals surface area contributed by atoms with Crippen LogP contribution in [0.25, 0.3) is 0 Å². The Balaban J connectivity index is 5.05. The smallest absolute Gasteiger partial charge is 0.325 e. The molecule has 0 bridgehead atoms. The highest BCUT2D eigenvalue weighted by molar-refractivity contribution is 7.98. The normalized spacial score (nSPS) is 14.9. The Hall–Kier alpha value is -1.99. The number of nitrogens with two attached hydrogens (primary N) is 1. The number of thiol groups is 1. The van der Waals surface area contributed by atoms with Crippen LogP contribution in [0, 0.1) is 0 Å². The number of hydrogen-bond donors (Lipinski definition) is 7. The maximum Gasteiger partial charge on any atom is 0.325 e. The molecule has 3 amide bonds. The lowest BCUT2D eigenvalue weighted by molar-refractivity contribution is -0.143. The fraction of sp³-hybridized carbons (Fsp3) is 0.667. The van der Waals surface area contributed by atoms with E-state index in [2.05, 4.69) is 28.6 Å². The second kappa shape index (κ2) is 13.2. The van der Waals surface area contributed by atoms with Gasteiger partial charge >= 0.3 is 11.9 Å². The van der Waals surface area contributed by atoms with E-state index < -0.39 is 60.2 Å². The van der Waals surface area contributed by atoms with Crippen molar-refractivity contribution in [1.82, 2.24) is 16.0 Å². The van der Waals surface area contributed by atoms with Crippen molar-refractivity contribution in [3.8, 4) is 0 Å². The number of amides is 3. The molecule has 7 N–H and O–H groups in total. The number of carbonyl (C=O) groups is 5. The summed E-state index contributed by atoms with van der Waals surface area (Å²) >= 11 is 5.49. The summed E-state index contributed by atoms with van der Waals surface area (Å²) in [6.45, 7) is 1.19. The van der Waals surface area contributed by atoms with Crippen molar-refractivity contribution in [2.45, 2.75) is 43.9 Å². The van der Waals surface area contributed by atoms with Crippen LogP contribution in [0.3, 0.4) is 0 Å². The molecule has 0 saturated carbocycles. The number of nitrogens with one attached hydrogen (secondary N) is 3. The number of carboxylic acids is 2. The van der Waals surface area contributed by atoms with Crippen LogP contribution in [0.2, 0.25) is 0 Å². The fourth-order valence-corrected chi connectivity index (χ4v) is 2.63. The number of thioether (sulfide) groups is 1. The van der Waals surface area contributed by atoms with E-state index in [1.165, 1.54) is 18.7 Å². The molecule has 28 heavy (non-hydrogen) atoms. The molecule has 160 valence electrons. The average Bonchev–Trinajstić information content (AvgIpc) is 2.62. The van der Waals surface area contributed by atoms with Gasteiger partial charge in [0.2, 0.25) is 17.7 Å². The summed E-state index contributed by atoms with van der Waals surface area (Å²) in [6, 6.07) is -4.80. The summed E-state index contributed by atoms with van der Waals surface area (Å²) in [4.78, 5) is 58.3. The highest BCUT2D eigenvalue weighted by Crippen LogP contribution is 2.01. The minimum absolute atomic E-state index is 0.125. The second-order valence-electron chi connectivity index (χ2n) is 5.86. The molecule has 0 aromatic rings. The summed E-state index contributed by atoms with van der Waals surface area (Å²) < 4.78 is 0. The first-order valence-corrected chi connectivity index (χ1v) is 10.3. The third kappa shape index (κ3) is 9.80. The summed E-state index contributed by atoms with van der Waals surface area (Å²) in [7, 11) is 0. The van der Waals surface area contributed by atoms with Gasteiger partial charge < -0.3 is 31.9 Å². The molecule has 13 heteroatoms. The van der Waals surface area contributed by atoms with Crippen molar-refractivity contribution in [2.24, 2.45) is 5.73 Å². The molecule has 0 rings (SSSR count). The Bertz CT molecular complexity index is 591. The zero-order chi connectivity index (χ0) is 21.9. The van der Waals surface area contributed by atoms with E-state index in [0.717, 1.165) is 0 Å². The minimum atomic E-state index is -1.53. The van der Waals surface area contributed by atoms with Gasteiger partial charge in [-0.05, 0) is 25.4 Å². The lowest BCUT2D eigenvalue weighted by Crippen LogP contribution is -2.57. The Morgan fingerprint density at radius 2 is 1.54 bits per heavy atom. The van der Waals surface area contributed by atoms with Gasteiger partial charge in [-0.2, -0.15) is 24.4 Å². The standard InChI is InChI=1S/C15H26N4O7S2/c1-7(15(25)26)17-13(23)9(5-11(20)21)18-14(24)10(6-27)19-12(22)8(16)3-4-28-2/h7-10,27H,3-6,16H2,1-2H3,(H,17,23)(H,18,24)(H,19,22)(H,20,21)(H,25,26). The molecular weight excluding hydrogens is 412 g/mol. The number of rotatable bonds is 13. The Morgan fingerprint density at radius 3 is 2.00 bits per heavy atom. The first-order valence-electron chi connectivity index (χ1n) is 8.24. The molecule has 0 heterocycles. The van der Waals surface area contributed by atoms with Crippen LogP contribution in [0.15, 0.2) is 0 Å². The maximum atomic E-state index is 12.4. The van der Waals surface area contributed by atoms with E-state index in [0.29, 0.717) is 12.2 Å². The Kier molecular flexibility index (Phi) is 12.3. The summed E-state index contributed by atoms with van der Waals surface area (Å²) in [5.41, 5.74) is 5.73. The molecule has 4 unspecified atom stereocenters. The van der Waals surface area contributed by atoms with E-state index in [9.17, 15) is 24.0 Å². The van der Waals surface area contributed by atoms with Gasteiger partial charge in [0.25, 0.3) is 0 Å². The highest BCUT2D eigenvalue weighted by atomic mass is 32.2. The first kappa shape index (κ1) is 26.0. The fourth-order valence-electron chi connectivity index (χ4n) is 1.88. The van der Waals surface area contributed by atoms with Crippen molar-refractivity contribution in [3.05, 3.63) is 0 Å². The number of carboxylic acid groups (broad SMARTS) is 2. The Morgan fingerprint density at radius 1 is 1.00 bits per heavy atom. The predicted octanol–water partition coefficient (Wildman–Crippen LogP) is -1.97. The molecule has 0 aromatic carbocycles. The monoisotopic (exact) mass is 438 g/mol. The van der Waals surface area contributed by atoms with Gasteiger partial charge in [-0.3, -0.25) is 24.0 Å². The molecule has 4 atom stereocenters.